The molecule has 0 fully saturated rings. The maximum Gasteiger partial charge on any atom is 0.122 e. The van der Waals surface area contributed by atoms with Crippen molar-refractivity contribution >= 4 is 0 Å². The standard InChI is InChI=1S/C16H27NO/c1-5-14(17)7-6-10-18-16-11-13(4)8-9-15(16)12(2)3/h8-9,11-12,14H,5-7,10,17H2,1-4H3. The van der Waals surface area contributed by atoms with E-state index in [1.807, 2.05) is 0 Å². The van der Waals surface area contributed by atoms with Crippen molar-refractivity contribution in [3.63, 3.8) is 0 Å². The van der Waals surface area contributed by atoms with Crippen molar-refractivity contribution in [3.8, 4) is 5.75 Å². The molecule has 0 heterocycles. The van der Waals surface area contributed by atoms with Gasteiger partial charge < -0.3 is 10.5 Å². The number of hydrogen-bond acceptors (Lipinski definition) is 2. The van der Waals surface area contributed by atoms with E-state index in [2.05, 4.69) is 45.9 Å². The number of aryl methyl sites for hydroxylation is 1. The van der Waals surface area contributed by atoms with Crippen molar-refractivity contribution in [1.29, 1.82) is 0 Å². The van der Waals surface area contributed by atoms with Crippen LogP contribution in [0.2, 0.25) is 0 Å². The monoisotopic (exact) mass is 249 g/mol. The van der Waals surface area contributed by atoms with E-state index in [0.29, 0.717) is 12.0 Å². The smallest absolute Gasteiger partial charge is 0.122 e. The van der Waals surface area contributed by atoms with Gasteiger partial charge in [-0.2, -0.15) is 0 Å². The zero-order valence-electron chi connectivity index (χ0n) is 12.2. The Labute approximate surface area is 112 Å². The third-order valence-electron chi connectivity index (χ3n) is 3.29. The third-order valence-corrected chi connectivity index (χ3v) is 3.29. The summed E-state index contributed by atoms with van der Waals surface area (Å²) in [7, 11) is 0. The zero-order chi connectivity index (χ0) is 13.5. The van der Waals surface area contributed by atoms with Gasteiger partial charge in [-0.25, -0.2) is 0 Å². The Morgan fingerprint density at radius 2 is 2.00 bits per heavy atom. The Balaban J connectivity index is 2.53. The highest BCUT2D eigenvalue weighted by Crippen LogP contribution is 2.27. The summed E-state index contributed by atoms with van der Waals surface area (Å²) in [5.41, 5.74) is 8.44. The molecule has 1 atom stereocenters. The summed E-state index contributed by atoms with van der Waals surface area (Å²) in [5.74, 6) is 1.54. The van der Waals surface area contributed by atoms with Gasteiger partial charge in [-0.3, -0.25) is 0 Å². The average molecular weight is 249 g/mol. The van der Waals surface area contributed by atoms with Crippen LogP contribution in [0.4, 0.5) is 0 Å². The molecule has 1 aromatic carbocycles. The summed E-state index contributed by atoms with van der Waals surface area (Å²) in [6.07, 6.45) is 3.11. The van der Waals surface area contributed by atoms with E-state index in [1.165, 1.54) is 11.1 Å². The number of hydrogen-bond donors (Lipinski definition) is 1. The van der Waals surface area contributed by atoms with Crippen molar-refractivity contribution < 1.29 is 4.74 Å². The van der Waals surface area contributed by atoms with Gasteiger partial charge in [0.1, 0.15) is 5.75 Å². The van der Waals surface area contributed by atoms with E-state index < -0.39 is 0 Å². The van der Waals surface area contributed by atoms with Gasteiger partial charge in [-0.1, -0.05) is 32.9 Å². The molecular weight excluding hydrogens is 222 g/mol. The van der Waals surface area contributed by atoms with Crippen LogP contribution in [0.5, 0.6) is 5.75 Å². The fraction of sp³-hybridized carbons (Fsp3) is 0.625. The molecule has 1 unspecified atom stereocenters. The van der Waals surface area contributed by atoms with E-state index in [1.54, 1.807) is 0 Å². The van der Waals surface area contributed by atoms with Crippen LogP contribution in [0.25, 0.3) is 0 Å². The second kappa shape index (κ2) is 7.42. The van der Waals surface area contributed by atoms with Crippen LogP contribution in [-0.2, 0) is 0 Å². The maximum atomic E-state index is 5.92. The van der Waals surface area contributed by atoms with Gasteiger partial charge in [-0.15, -0.1) is 0 Å². The largest absolute Gasteiger partial charge is 0.493 e. The molecule has 0 aliphatic carbocycles. The molecule has 0 amide bonds. The molecule has 0 saturated heterocycles. The van der Waals surface area contributed by atoms with Gasteiger partial charge in [0.2, 0.25) is 0 Å². The molecular formula is C16H27NO. The molecule has 0 bridgehead atoms. The average Bonchev–Trinajstić information content (AvgIpc) is 2.34. The summed E-state index contributed by atoms with van der Waals surface area (Å²) >= 11 is 0. The number of benzene rings is 1. The molecule has 2 N–H and O–H groups in total. The third kappa shape index (κ3) is 4.69. The first-order valence-corrected chi connectivity index (χ1v) is 7.03. The van der Waals surface area contributed by atoms with Crippen LogP contribution in [-0.4, -0.2) is 12.6 Å². The highest BCUT2D eigenvalue weighted by molar-refractivity contribution is 5.39. The minimum absolute atomic E-state index is 0.315. The van der Waals surface area contributed by atoms with Gasteiger partial charge in [-0.05, 0) is 49.3 Å². The molecule has 18 heavy (non-hydrogen) atoms. The molecule has 102 valence electrons. The molecule has 1 rings (SSSR count). The fourth-order valence-corrected chi connectivity index (χ4v) is 1.98. The van der Waals surface area contributed by atoms with Crippen LogP contribution in [0.1, 0.15) is 57.1 Å². The fourth-order valence-electron chi connectivity index (χ4n) is 1.98. The highest BCUT2D eigenvalue weighted by Gasteiger charge is 2.08. The predicted octanol–water partition coefficient (Wildman–Crippen LogP) is 4.01. The molecule has 0 saturated carbocycles. The van der Waals surface area contributed by atoms with Gasteiger partial charge in [0, 0.05) is 6.04 Å². The van der Waals surface area contributed by atoms with Gasteiger partial charge in [0.05, 0.1) is 6.61 Å². The molecule has 0 aromatic heterocycles. The molecule has 0 aliphatic heterocycles. The number of rotatable bonds is 7. The quantitative estimate of drug-likeness (QED) is 0.741. The molecule has 2 nitrogen and oxygen atoms in total. The van der Waals surface area contributed by atoms with Crippen molar-refractivity contribution in [2.24, 2.45) is 5.73 Å². The Bertz CT molecular complexity index is 360. The van der Waals surface area contributed by atoms with Crippen molar-refractivity contribution in [2.45, 2.75) is 58.9 Å². The Morgan fingerprint density at radius 3 is 2.61 bits per heavy atom. The normalized spacial score (nSPS) is 12.8. The topological polar surface area (TPSA) is 35.2 Å². The summed E-state index contributed by atoms with van der Waals surface area (Å²) < 4.78 is 5.92. The van der Waals surface area contributed by atoms with Crippen molar-refractivity contribution in [1.82, 2.24) is 0 Å². The van der Waals surface area contributed by atoms with Crippen molar-refractivity contribution in [3.05, 3.63) is 29.3 Å². The molecule has 0 spiro atoms. The van der Waals surface area contributed by atoms with Gasteiger partial charge in [0.25, 0.3) is 0 Å². The van der Waals surface area contributed by atoms with Crippen LogP contribution in [0.15, 0.2) is 18.2 Å². The number of nitrogens with two attached hydrogens (primary N) is 1. The summed E-state index contributed by atoms with van der Waals surface area (Å²) in [6, 6.07) is 6.77. The molecule has 2 heteroatoms. The van der Waals surface area contributed by atoms with E-state index in [-0.39, 0.29) is 0 Å². The molecule has 1 aromatic rings. The van der Waals surface area contributed by atoms with Crippen LogP contribution >= 0.6 is 0 Å². The lowest BCUT2D eigenvalue weighted by atomic mass is 10.0. The number of ether oxygens (including phenoxy) is 1. The maximum absolute atomic E-state index is 5.92. The summed E-state index contributed by atoms with van der Waals surface area (Å²) in [5, 5.41) is 0. The minimum atomic E-state index is 0.315. The second-order valence-corrected chi connectivity index (χ2v) is 5.35. The first kappa shape index (κ1) is 15.0. The van der Waals surface area contributed by atoms with E-state index in [4.69, 9.17) is 10.5 Å². The van der Waals surface area contributed by atoms with Crippen LogP contribution < -0.4 is 10.5 Å². The lowest BCUT2D eigenvalue weighted by Gasteiger charge is -2.15. The van der Waals surface area contributed by atoms with Gasteiger partial charge >= 0.3 is 0 Å². The second-order valence-electron chi connectivity index (χ2n) is 5.35. The van der Waals surface area contributed by atoms with E-state index in [9.17, 15) is 0 Å². The molecule has 0 radical (unpaired) electrons. The van der Waals surface area contributed by atoms with E-state index >= 15 is 0 Å². The Hall–Kier alpha value is -1.02. The Morgan fingerprint density at radius 1 is 1.28 bits per heavy atom. The predicted molar refractivity (Wildman–Crippen MR) is 78.3 cm³/mol. The summed E-state index contributed by atoms with van der Waals surface area (Å²) in [6.45, 7) is 9.39. The SMILES string of the molecule is CCC(N)CCCOc1cc(C)ccc1C(C)C. The van der Waals surface area contributed by atoms with Crippen LogP contribution in [0, 0.1) is 6.92 Å². The minimum Gasteiger partial charge on any atom is -0.493 e. The first-order chi connectivity index (χ1) is 8.54. The van der Waals surface area contributed by atoms with E-state index in [0.717, 1.165) is 31.6 Å². The van der Waals surface area contributed by atoms with Crippen LogP contribution in [0.3, 0.4) is 0 Å². The lowest BCUT2D eigenvalue weighted by Crippen LogP contribution is -2.19. The first-order valence-electron chi connectivity index (χ1n) is 7.03. The molecule has 0 aliphatic rings. The highest BCUT2D eigenvalue weighted by atomic mass is 16.5. The zero-order valence-corrected chi connectivity index (χ0v) is 12.2. The van der Waals surface area contributed by atoms with Gasteiger partial charge in [0.15, 0.2) is 0 Å². The Kier molecular flexibility index (Phi) is 6.20. The van der Waals surface area contributed by atoms with Crippen molar-refractivity contribution in [2.75, 3.05) is 6.61 Å². The lowest BCUT2D eigenvalue weighted by molar-refractivity contribution is 0.297. The summed E-state index contributed by atoms with van der Waals surface area (Å²) in [4.78, 5) is 0.